The van der Waals surface area contributed by atoms with E-state index in [2.05, 4.69) is 75.0 Å². The van der Waals surface area contributed by atoms with E-state index in [1.165, 1.54) is 11.1 Å². The van der Waals surface area contributed by atoms with Gasteiger partial charge < -0.3 is 4.57 Å². The molecule has 0 atom stereocenters. The molecule has 3 heteroatoms. The molecule has 2 nitrogen and oxygen atoms in total. The van der Waals surface area contributed by atoms with Gasteiger partial charge >= 0.3 is 0 Å². The van der Waals surface area contributed by atoms with Crippen molar-refractivity contribution in [1.29, 1.82) is 0 Å². The fourth-order valence-electron chi connectivity index (χ4n) is 2.23. The Balaban J connectivity index is 2.86. The van der Waals surface area contributed by atoms with E-state index < -0.39 is 0 Å². The molecule has 2 heterocycles. The highest BCUT2D eigenvalue weighted by Gasteiger charge is 2.21. The van der Waals surface area contributed by atoms with Gasteiger partial charge in [0.15, 0.2) is 4.77 Å². The number of nitrogens with zero attached hydrogens (tertiary/aromatic N) is 2. The molecule has 0 bridgehead atoms. The van der Waals surface area contributed by atoms with Crippen molar-refractivity contribution in [3.8, 4) is 0 Å². The molecule has 0 unspecified atom stereocenters. The molecule has 98 valence electrons. The monoisotopic (exact) mass is 262 g/mol. The minimum atomic E-state index is 0.0122. The van der Waals surface area contributed by atoms with E-state index in [4.69, 9.17) is 12.2 Å². The summed E-state index contributed by atoms with van der Waals surface area (Å²) in [7, 11) is 0. The van der Waals surface area contributed by atoms with Crippen LogP contribution < -0.4 is 0 Å². The van der Waals surface area contributed by atoms with E-state index in [0.29, 0.717) is 0 Å². The van der Waals surface area contributed by atoms with Gasteiger partial charge in [0.05, 0.1) is 5.52 Å². The van der Waals surface area contributed by atoms with Gasteiger partial charge in [-0.3, -0.25) is 4.40 Å². The average molecular weight is 262 g/mol. The minimum Gasteiger partial charge on any atom is -0.318 e. The highest BCUT2D eigenvalue weighted by Crippen LogP contribution is 2.28. The Kier molecular flexibility index (Phi) is 2.93. The molecule has 2 rings (SSSR count). The van der Waals surface area contributed by atoms with Gasteiger partial charge in [-0.25, -0.2) is 0 Å². The maximum absolute atomic E-state index is 5.58. The van der Waals surface area contributed by atoms with Gasteiger partial charge in [0.25, 0.3) is 0 Å². The highest BCUT2D eigenvalue weighted by atomic mass is 32.1. The van der Waals surface area contributed by atoms with Crippen molar-refractivity contribution in [2.75, 3.05) is 0 Å². The van der Waals surface area contributed by atoms with Crippen LogP contribution in [0.25, 0.3) is 5.52 Å². The molecule has 0 saturated carbocycles. The first-order chi connectivity index (χ1) is 8.12. The van der Waals surface area contributed by atoms with Crippen molar-refractivity contribution in [2.24, 2.45) is 0 Å². The predicted octanol–water partition coefficient (Wildman–Crippen LogP) is 4.52. The lowest BCUT2D eigenvalue weighted by Gasteiger charge is -2.20. The van der Waals surface area contributed by atoms with Crippen LogP contribution >= 0.6 is 12.2 Å². The zero-order chi connectivity index (χ0) is 13.7. The summed E-state index contributed by atoms with van der Waals surface area (Å²) in [5, 5.41) is 0. The van der Waals surface area contributed by atoms with Crippen LogP contribution in [0, 0.1) is 4.77 Å². The Bertz CT molecular complexity index is 633. The maximum Gasteiger partial charge on any atom is 0.184 e. The average Bonchev–Trinajstić information content (AvgIpc) is 2.54. The van der Waals surface area contributed by atoms with E-state index in [9.17, 15) is 0 Å². The summed E-state index contributed by atoms with van der Waals surface area (Å²) in [4.78, 5) is 0. The molecular formula is C15H22N2S. The third-order valence-corrected chi connectivity index (χ3v) is 3.62. The van der Waals surface area contributed by atoms with Gasteiger partial charge in [0.1, 0.15) is 0 Å². The summed E-state index contributed by atoms with van der Waals surface area (Å²) >= 11 is 5.58. The van der Waals surface area contributed by atoms with Crippen LogP contribution in [0.1, 0.15) is 47.1 Å². The van der Waals surface area contributed by atoms with E-state index in [-0.39, 0.29) is 11.0 Å². The standard InChI is InChI=1S/C15H22N2S/c1-14(2,3)11-8-7-9-16-12(11)10-17(13(16)18)15(4,5)6/h7-10H,1-6H3. The quantitative estimate of drug-likeness (QED) is 0.634. The van der Waals surface area contributed by atoms with Gasteiger partial charge in [0.2, 0.25) is 0 Å². The van der Waals surface area contributed by atoms with Crippen LogP contribution in [-0.4, -0.2) is 8.97 Å². The molecule has 0 aliphatic carbocycles. The van der Waals surface area contributed by atoms with Crippen LogP contribution in [0.2, 0.25) is 0 Å². The molecule has 2 aromatic rings. The summed E-state index contributed by atoms with van der Waals surface area (Å²) in [6.07, 6.45) is 4.23. The van der Waals surface area contributed by atoms with Crippen molar-refractivity contribution in [3.05, 3.63) is 34.9 Å². The number of hydrogen-bond acceptors (Lipinski definition) is 1. The first kappa shape index (κ1) is 13.3. The van der Waals surface area contributed by atoms with Crippen molar-refractivity contribution in [1.82, 2.24) is 8.97 Å². The topological polar surface area (TPSA) is 9.34 Å². The summed E-state index contributed by atoms with van der Waals surface area (Å²) in [5.41, 5.74) is 2.68. The van der Waals surface area contributed by atoms with Crippen LogP contribution in [-0.2, 0) is 11.0 Å². The first-order valence-electron chi connectivity index (χ1n) is 6.36. The van der Waals surface area contributed by atoms with E-state index in [1.54, 1.807) is 0 Å². The smallest absolute Gasteiger partial charge is 0.184 e. The predicted molar refractivity (Wildman–Crippen MR) is 79.9 cm³/mol. The normalized spacial score (nSPS) is 13.2. The van der Waals surface area contributed by atoms with Crippen LogP contribution in [0.15, 0.2) is 24.5 Å². The second kappa shape index (κ2) is 3.95. The molecule has 0 fully saturated rings. The van der Waals surface area contributed by atoms with E-state index in [0.717, 1.165) is 4.77 Å². The maximum atomic E-state index is 5.58. The Hall–Kier alpha value is -1.09. The largest absolute Gasteiger partial charge is 0.318 e. The summed E-state index contributed by atoms with van der Waals surface area (Å²) in [6.45, 7) is 13.2. The number of pyridine rings is 1. The zero-order valence-electron chi connectivity index (χ0n) is 12.1. The van der Waals surface area contributed by atoms with Crippen molar-refractivity contribution in [2.45, 2.75) is 52.5 Å². The van der Waals surface area contributed by atoms with Gasteiger partial charge in [-0.15, -0.1) is 0 Å². The molecular weight excluding hydrogens is 240 g/mol. The fourth-order valence-corrected chi connectivity index (χ4v) is 2.71. The second-order valence-corrected chi connectivity index (χ2v) is 7.24. The first-order valence-corrected chi connectivity index (χ1v) is 6.77. The highest BCUT2D eigenvalue weighted by molar-refractivity contribution is 7.71. The third-order valence-electron chi connectivity index (χ3n) is 3.23. The Morgan fingerprint density at radius 1 is 1.06 bits per heavy atom. The second-order valence-electron chi connectivity index (χ2n) is 6.88. The number of rotatable bonds is 0. The third kappa shape index (κ3) is 2.12. The molecule has 0 aliphatic heterocycles. The zero-order valence-corrected chi connectivity index (χ0v) is 12.9. The molecule has 0 spiro atoms. The molecule has 0 aliphatic rings. The minimum absolute atomic E-state index is 0.0122. The lowest BCUT2D eigenvalue weighted by molar-refractivity contribution is 0.391. The number of aromatic nitrogens is 2. The lowest BCUT2D eigenvalue weighted by atomic mass is 9.87. The van der Waals surface area contributed by atoms with E-state index in [1.807, 2.05) is 0 Å². The summed E-state index contributed by atoms with van der Waals surface area (Å²) < 4.78 is 5.15. The Labute approximate surface area is 114 Å². The number of imidazole rings is 1. The summed E-state index contributed by atoms with van der Waals surface area (Å²) in [5.74, 6) is 0. The Morgan fingerprint density at radius 2 is 1.67 bits per heavy atom. The number of fused-ring (bicyclic) bond motifs is 1. The van der Waals surface area contributed by atoms with Gasteiger partial charge in [-0.05, 0) is 50.0 Å². The van der Waals surface area contributed by atoms with Crippen LogP contribution in [0.5, 0.6) is 0 Å². The molecule has 0 N–H and O–H groups in total. The van der Waals surface area contributed by atoms with Gasteiger partial charge in [-0.2, -0.15) is 0 Å². The molecule has 0 radical (unpaired) electrons. The van der Waals surface area contributed by atoms with Crippen LogP contribution in [0.3, 0.4) is 0 Å². The van der Waals surface area contributed by atoms with Crippen molar-refractivity contribution < 1.29 is 0 Å². The Morgan fingerprint density at radius 3 is 2.17 bits per heavy atom. The van der Waals surface area contributed by atoms with E-state index >= 15 is 0 Å². The summed E-state index contributed by atoms with van der Waals surface area (Å²) in [6, 6.07) is 4.27. The molecule has 0 aromatic carbocycles. The van der Waals surface area contributed by atoms with Crippen molar-refractivity contribution >= 4 is 17.7 Å². The van der Waals surface area contributed by atoms with Crippen molar-refractivity contribution in [3.63, 3.8) is 0 Å². The SMILES string of the molecule is CC(C)(C)c1cccn2c(=S)n(C(C)(C)C)cc12. The van der Waals surface area contributed by atoms with Gasteiger partial charge in [-0.1, -0.05) is 26.8 Å². The lowest BCUT2D eigenvalue weighted by Crippen LogP contribution is -2.21. The number of hydrogen-bond donors (Lipinski definition) is 0. The molecule has 0 amide bonds. The molecule has 2 aromatic heterocycles. The van der Waals surface area contributed by atoms with Crippen LogP contribution in [0.4, 0.5) is 0 Å². The molecule has 0 saturated heterocycles. The van der Waals surface area contributed by atoms with Gasteiger partial charge in [0, 0.05) is 17.9 Å². The fraction of sp³-hybridized carbons (Fsp3) is 0.533. The molecule has 18 heavy (non-hydrogen) atoms.